The number of carbonyl (C=O) groups is 1. The highest BCUT2D eigenvalue weighted by Gasteiger charge is 2.05. The summed E-state index contributed by atoms with van der Waals surface area (Å²) in [7, 11) is 0. The molecule has 0 aliphatic rings. The molecular weight excluding hydrogens is 251 g/mol. The van der Waals surface area contributed by atoms with Gasteiger partial charge in [-0.05, 0) is 18.2 Å². The van der Waals surface area contributed by atoms with Gasteiger partial charge >= 0.3 is 0 Å². The first-order chi connectivity index (χ1) is 7.54. The van der Waals surface area contributed by atoms with Gasteiger partial charge in [-0.1, -0.05) is 23.2 Å². The second kappa shape index (κ2) is 5.35. The zero-order valence-corrected chi connectivity index (χ0v) is 9.38. The minimum Gasteiger partial charge on any atom is -0.364 e. The number of hydrogen-bond acceptors (Lipinski definition) is 4. The largest absolute Gasteiger partial charge is 0.364 e. The van der Waals surface area contributed by atoms with Crippen LogP contribution in [0.1, 0.15) is 0 Å². The van der Waals surface area contributed by atoms with Gasteiger partial charge in [0.25, 0.3) is 5.91 Å². The number of primary amides is 1. The number of nitrogens with one attached hydrogen (secondary N) is 1. The molecule has 0 saturated heterocycles. The number of nitrogens with two attached hydrogens (primary N) is 1. The standard InChI is InChI=1S/C9H6Cl2N4O/c10-6-2-1-5(3-7(6)11)14-15-8(4-12)9(13)16/h1-3,14H,(H2,13,16)/b15-8+. The van der Waals surface area contributed by atoms with Crippen LogP contribution in [0, 0.1) is 11.3 Å². The van der Waals surface area contributed by atoms with Crippen LogP contribution < -0.4 is 11.2 Å². The predicted octanol–water partition coefficient (Wildman–Crippen LogP) is 1.77. The Morgan fingerprint density at radius 1 is 1.44 bits per heavy atom. The molecule has 7 heteroatoms. The maximum Gasteiger partial charge on any atom is 0.280 e. The highest BCUT2D eigenvalue weighted by Crippen LogP contribution is 2.24. The third-order valence-corrected chi connectivity index (χ3v) is 2.29. The smallest absolute Gasteiger partial charge is 0.280 e. The molecule has 5 nitrogen and oxygen atoms in total. The second-order valence-electron chi connectivity index (χ2n) is 2.68. The Hall–Kier alpha value is -1.77. The number of hydrazone groups is 1. The van der Waals surface area contributed by atoms with Crippen molar-refractivity contribution in [3.8, 4) is 6.07 Å². The molecule has 1 aromatic rings. The lowest BCUT2D eigenvalue weighted by molar-refractivity contribution is -0.111. The zero-order valence-electron chi connectivity index (χ0n) is 7.87. The van der Waals surface area contributed by atoms with Crippen LogP contribution in [0.5, 0.6) is 0 Å². The maximum absolute atomic E-state index is 10.7. The van der Waals surface area contributed by atoms with E-state index in [2.05, 4.69) is 10.5 Å². The van der Waals surface area contributed by atoms with Gasteiger partial charge in [-0.2, -0.15) is 10.4 Å². The van der Waals surface area contributed by atoms with Crippen molar-refractivity contribution < 1.29 is 4.79 Å². The number of benzene rings is 1. The molecule has 82 valence electrons. The number of rotatable bonds is 3. The molecule has 0 fully saturated rings. The highest BCUT2D eigenvalue weighted by atomic mass is 35.5. The molecule has 1 rings (SSSR count). The lowest BCUT2D eigenvalue weighted by Crippen LogP contribution is -2.22. The average Bonchev–Trinajstić information content (AvgIpc) is 2.23. The van der Waals surface area contributed by atoms with Crippen molar-refractivity contribution in [1.29, 1.82) is 5.26 Å². The zero-order chi connectivity index (χ0) is 12.1. The summed E-state index contributed by atoms with van der Waals surface area (Å²) in [6, 6.07) is 6.20. The van der Waals surface area contributed by atoms with Crippen molar-refractivity contribution in [2.45, 2.75) is 0 Å². The van der Waals surface area contributed by atoms with E-state index in [0.717, 1.165) is 0 Å². The third kappa shape index (κ3) is 3.12. The lowest BCUT2D eigenvalue weighted by Gasteiger charge is -2.01. The Labute approximate surface area is 101 Å². The number of nitriles is 1. The Kier molecular flexibility index (Phi) is 4.11. The van der Waals surface area contributed by atoms with E-state index in [4.69, 9.17) is 34.2 Å². The second-order valence-corrected chi connectivity index (χ2v) is 3.49. The summed E-state index contributed by atoms with van der Waals surface area (Å²) in [4.78, 5) is 10.7. The fourth-order valence-corrected chi connectivity index (χ4v) is 1.12. The lowest BCUT2D eigenvalue weighted by atomic mass is 10.3. The fourth-order valence-electron chi connectivity index (χ4n) is 0.821. The minimum atomic E-state index is -0.907. The van der Waals surface area contributed by atoms with Gasteiger partial charge in [-0.3, -0.25) is 10.2 Å². The van der Waals surface area contributed by atoms with Crippen molar-refractivity contribution in [3.05, 3.63) is 28.2 Å². The summed E-state index contributed by atoms with van der Waals surface area (Å²) >= 11 is 11.4. The molecule has 0 aliphatic heterocycles. The molecule has 1 aromatic carbocycles. The van der Waals surface area contributed by atoms with Gasteiger partial charge in [0.1, 0.15) is 6.07 Å². The molecule has 0 atom stereocenters. The minimum absolute atomic E-state index is 0.333. The van der Waals surface area contributed by atoms with Gasteiger partial charge in [-0.25, -0.2) is 0 Å². The fraction of sp³-hybridized carbons (Fsp3) is 0. The summed E-state index contributed by atoms with van der Waals surface area (Å²) in [6.45, 7) is 0. The molecular formula is C9H6Cl2N4O. The number of amides is 1. The van der Waals surface area contributed by atoms with Gasteiger partial charge in [0, 0.05) is 0 Å². The van der Waals surface area contributed by atoms with Crippen molar-refractivity contribution in [1.82, 2.24) is 0 Å². The molecule has 16 heavy (non-hydrogen) atoms. The number of hydrogen-bond donors (Lipinski definition) is 2. The van der Waals surface area contributed by atoms with E-state index in [1.807, 2.05) is 0 Å². The Morgan fingerprint density at radius 2 is 2.12 bits per heavy atom. The van der Waals surface area contributed by atoms with Gasteiger partial charge < -0.3 is 5.73 Å². The van der Waals surface area contributed by atoms with Crippen LogP contribution >= 0.6 is 23.2 Å². The molecule has 0 heterocycles. The van der Waals surface area contributed by atoms with Crippen molar-refractivity contribution in [3.63, 3.8) is 0 Å². The Morgan fingerprint density at radius 3 is 2.62 bits per heavy atom. The molecule has 0 aliphatic carbocycles. The van der Waals surface area contributed by atoms with E-state index in [1.54, 1.807) is 18.2 Å². The first-order valence-electron chi connectivity index (χ1n) is 4.03. The molecule has 0 radical (unpaired) electrons. The molecule has 0 aromatic heterocycles. The van der Waals surface area contributed by atoms with E-state index >= 15 is 0 Å². The van der Waals surface area contributed by atoms with Crippen molar-refractivity contribution in [2.24, 2.45) is 10.8 Å². The van der Waals surface area contributed by atoms with Crippen LogP contribution in [0.25, 0.3) is 0 Å². The monoisotopic (exact) mass is 256 g/mol. The molecule has 0 bridgehead atoms. The van der Waals surface area contributed by atoms with E-state index in [1.165, 1.54) is 6.07 Å². The van der Waals surface area contributed by atoms with E-state index in [9.17, 15) is 4.79 Å². The van der Waals surface area contributed by atoms with Crippen LogP contribution in [-0.4, -0.2) is 11.6 Å². The summed E-state index contributed by atoms with van der Waals surface area (Å²) in [5.41, 5.74) is 7.42. The number of anilines is 1. The Bertz CT molecular complexity index is 493. The van der Waals surface area contributed by atoms with E-state index < -0.39 is 11.6 Å². The van der Waals surface area contributed by atoms with E-state index in [-0.39, 0.29) is 0 Å². The molecule has 0 spiro atoms. The van der Waals surface area contributed by atoms with Crippen molar-refractivity contribution >= 4 is 40.5 Å². The number of nitrogens with zero attached hydrogens (tertiary/aromatic N) is 2. The summed E-state index contributed by atoms with van der Waals surface area (Å²) in [5, 5.41) is 12.7. The van der Waals surface area contributed by atoms with Gasteiger partial charge in [-0.15, -0.1) is 0 Å². The quantitative estimate of drug-likeness (QED) is 0.638. The molecule has 0 saturated carbocycles. The number of carbonyl (C=O) groups excluding carboxylic acids is 1. The topological polar surface area (TPSA) is 91.3 Å². The van der Waals surface area contributed by atoms with Gasteiger partial charge in [0.2, 0.25) is 5.71 Å². The third-order valence-electron chi connectivity index (χ3n) is 1.56. The van der Waals surface area contributed by atoms with Gasteiger partial charge in [0.05, 0.1) is 15.7 Å². The molecule has 1 amide bonds. The van der Waals surface area contributed by atoms with Crippen LogP contribution in [0.3, 0.4) is 0 Å². The molecule has 0 unspecified atom stereocenters. The maximum atomic E-state index is 10.7. The first-order valence-corrected chi connectivity index (χ1v) is 4.79. The van der Waals surface area contributed by atoms with Crippen molar-refractivity contribution in [2.75, 3.05) is 5.43 Å². The number of halogens is 2. The normalized spacial score (nSPS) is 10.7. The summed E-state index contributed by atoms with van der Waals surface area (Å²) in [6.07, 6.45) is 0. The average molecular weight is 257 g/mol. The van der Waals surface area contributed by atoms with E-state index in [0.29, 0.717) is 15.7 Å². The summed E-state index contributed by atoms with van der Waals surface area (Å²) < 4.78 is 0. The van der Waals surface area contributed by atoms with Crippen LogP contribution in [0.15, 0.2) is 23.3 Å². The summed E-state index contributed by atoms with van der Waals surface area (Å²) in [5.74, 6) is -0.907. The Balaban J connectivity index is 2.86. The molecule has 3 N–H and O–H groups in total. The van der Waals surface area contributed by atoms with Crippen LogP contribution in [0.2, 0.25) is 10.0 Å². The van der Waals surface area contributed by atoms with Crippen LogP contribution in [-0.2, 0) is 4.79 Å². The predicted molar refractivity (Wildman–Crippen MR) is 62.3 cm³/mol. The van der Waals surface area contributed by atoms with Gasteiger partial charge in [0.15, 0.2) is 0 Å². The highest BCUT2D eigenvalue weighted by molar-refractivity contribution is 6.44. The van der Waals surface area contributed by atoms with Crippen LogP contribution in [0.4, 0.5) is 5.69 Å². The first kappa shape index (κ1) is 12.3. The SMILES string of the molecule is N#C/C(=N\Nc1ccc(Cl)c(Cl)c1)C(N)=O.